The maximum absolute atomic E-state index is 5.99. The Labute approximate surface area is 111 Å². The fourth-order valence-corrected chi connectivity index (χ4v) is 2.75. The van der Waals surface area contributed by atoms with Crippen LogP contribution in [0.25, 0.3) is 0 Å². The summed E-state index contributed by atoms with van der Waals surface area (Å²) in [5.41, 5.74) is 1.29. The minimum absolute atomic E-state index is 0.182. The minimum atomic E-state index is 0.182. The van der Waals surface area contributed by atoms with E-state index in [0.29, 0.717) is 6.04 Å². The molecule has 0 saturated heterocycles. The Balaban J connectivity index is 2.06. The van der Waals surface area contributed by atoms with Gasteiger partial charge < -0.3 is 10.1 Å². The summed E-state index contributed by atoms with van der Waals surface area (Å²) in [5.74, 6) is 0.897. The normalized spacial score (nSPS) is 19.2. The van der Waals surface area contributed by atoms with Crippen molar-refractivity contribution in [2.45, 2.75) is 44.8 Å². The van der Waals surface area contributed by atoms with Crippen LogP contribution in [0, 0.1) is 5.92 Å². The van der Waals surface area contributed by atoms with Gasteiger partial charge in [0, 0.05) is 12.6 Å². The van der Waals surface area contributed by atoms with Gasteiger partial charge in [-0.2, -0.15) is 0 Å². The molecule has 0 bridgehead atoms. The number of benzene rings is 1. The lowest BCUT2D eigenvalue weighted by atomic mass is 9.79. The van der Waals surface area contributed by atoms with Crippen LogP contribution in [0.4, 0.5) is 0 Å². The third-order valence-electron chi connectivity index (χ3n) is 4.02. The van der Waals surface area contributed by atoms with Gasteiger partial charge in [-0.15, -0.1) is 0 Å². The number of rotatable bonds is 7. The molecular formula is C16H25NO. The predicted molar refractivity (Wildman–Crippen MR) is 75.6 cm³/mol. The maximum Gasteiger partial charge on any atom is 0.0977 e. The van der Waals surface area contributed by atoms with Gasteiger partial charge in [0.25, 0.3) is 0 Å². The highest BCUT2D eigenvalue weighted by Crippen LogP contribution is 2.34. The molecule has 100 valence electrons. The average molecular weight is 247 g/mol. The monoisotopic (exact) mass is 247 g/mol. The first-order valence-electron chi connectivity index (χ1n) is 7.19. The van der Waals surface area contributed by atoms with Gasteiger partial charge in [0.15, 0.2) is 0 Å². The molecule has 2 rings (SSSR count). The number of ether oxygens (including phenoxy) is 1. The van der Waals surface area contributed by atoms with Crippen molar-refractivity contribution in [2.75, 3.05) is 13.7 Å². The van der Waals surface area contributed by atoms with E-state index in [1.807, 2.05) is 0 Å². The summed E-state index contributed by atoms with van der Waals surface area (Å²) in [6.45, 7) is 2.84. The fraction of sp³-hybridized carbons (Fsp3) is 0.625. The highest BCUT2D eigenvalue weighted by atomic mass is 16.5. The molecule has 1 aliphatic rings. The van der Waals surface area contributed by atoms with E-state index < -0.39 is 0 Å². The van der Waals surface area contributed by atoms with Crippen LogP contribution >= 0.6 is 0 Å². The molecule has 0 aliphatic heterocycles. The van der Waals surface area contributed by atoms with Crippen LogP contribution in [0.2, 0.25) is 0 Å². The van der Waals surface area contributed by atoms with E-state index in [9.17, 15) is 0 Å². The number of hydrogen-bond donors (Lipinski definition) is 1. The SMILES string of the molecule is CCOC(c1ccccc1)C(CC1CCC1)NC. The third-order valence-corrected chi connectivity index (χ3v) is 4.02. The first-order valence-corrected chi connectivity index (χ1v) is 7.19. The van der Waals surface area contributed by atoms with Gasteiger partial charge in [-0.05, 0) is 31.9 Å². The van der Waals surface area contributed by atoms with Crippen LogP contribution in [-0.4, -0.2) is 19.7 Å². The summed E-state index contributed by atoms with van der Waals surface area (Å²) in [5, 5.41) is 3.46. The minimum Gasteiger partial charge on any atom is -0.372 e. The third kappa shape index (κ3) is 3.33. The van der Waals surface area contributed by atoms with E-state index in [1.165, 1.54) is 31.2 Å². The van der Waals surface area contributed by atoms with Crippen molar-refractivity contribution in [3.8, 4) is 0 Å². The van der Waals surface area contributed by atoms with Crippen molar-refractivity contribution in [3.63, 3.8) is 0 Å². The Morgan fingerprint density at radius 2 is 2.00 bits per heavy atom. The molecule has 1 aromatic rings. The Kier molecular flexibility index (Phi) is 5.21. The molecule has 18 heavy (non-hydrogen) atoms. The van der Waals surface area contributed by atoms with Crippen molar-refractivity contribution >= 4 is 0 Å². The van der Waals surface area contributed by atoms with Gasteiger partial charge in [0.2, 0.25) is 0 Å². The van der Waals surface area contributed by atoms with Crippen LogP contribution in [0.5, 0.6) is 0 Å². The van der Waals surface area contributed by atoms with Crippen LogP contribution in [-0.2, 0) is 4.74 Å². The van der Waals surface area contributed by atoms with E-state index in [-0.39, 0.29) is 6.10 Å². The second-order valence-corrected chi connectivity index (χ2v) is 5.21. The zero-order valence-electron chi connectivity index (χ0n) is 11.6. The lowest BCUT2D eigenvalue weighted by Crippen LogP contribution is -2.36. The molecule has 2 heteroatoms. The molecule has 2 unspecified atom stereocenters. The van der Waals surface area contributed by atoms with Crippen molar-refractivity contribution in [2.24, 2.45) is 5.92 Å². The van der Waals surface area contributed by atoms with Crippen LogP contribution in [0.3, 0.4) is 0 Å². The molecule has 0 aromatic heterocycles. The van der Waals surface area contributed by atoms with Gasteiger partial charge in [-0.1, -0.05) is 49.6 Å². The number of nitrogens with one attached hydrogen (secondary N) is 1. The Morgan fingerprint density at radius 3 is 2.50 bits per heavy atom. The van der Waals surface area contributed by atoms with Gasteiger partial charge >= 0.3 is 0 Å². The van der Waals surface area contributed by atoms with E-state index in [4.69, 9.17) is 4.74 Å². The number of likely N-dealkylation sites (N-methyl/N-ethyl adjacent to an activating group) is 1. The molecule has 1 fully saturated rings. The highest BCUT2D eigenvalue weighted by molar-refractivity contribution is 5.19. The first kappa shape index (κ1) is 13.6. The van der Waals surface area contributed by atoms with Gasteiger partial charge in [-0.25, -0.2) is 0 Å². The van der Waals surface area contributed by atoms with Gasteiger partial charge in [-0.3, -0.25) is 0 Å². The average Bonchev–Trinajstić information content (AvgIpc) is 2.37. The van der Waals surface area contributed by atoms with E-state index in [1.54, 1.807) is 0 Å². The topological polar surface area (TPSA) is 21.3 Å². The quantitative estimate of drug-likeness (QED) is 0.795. The summed E-state index contributed by atoms with van der Waals surface area (Å²) in [6, 6.07) is 11.0. The second kappa shape index (κ2) is 6.91. The lowest BCUT2D eigenvalue weighted by Gasteiger charge is -2.34. The van der Waals surface area contributed by atoms with Crippen molar-refractivity contribution in [1.82, 2.24) is 5.32 Å². The van der Waals surface area contributed by atoms with E-state index >= 15 is 0 Å². The van der Waals surface area contributed by atoms with Crippen molar-refractivity contribution in [3.05, 3.63) is 35.9 Å². The Bertz CT molecular complexity index is 334. The largest absolute Gasteiger partial charge is 0.372 e. The summed E-state index contributed by atoms with van der Waals surface area (Å²) >= 11 is 0. The van der Waals surface area contributed by atoms with Crippen LogP contribution < -0.4 is 5.32 Å². The Hall–Kier alpha value is -0.860. The molecule has 0 radical (unpaired) electrons. The molecule has 1 aromatic carbocycles. The maximum atomic E-state index is 5.99. The van der Waals surface area contributed by atoms with E-state index in [0.717, 1.165) is 12.5 Å². The number of hydrogen-bond acceptors (Lipinski definition) is 2. The first-order chi connectivity index (χ1) is 8.85. The molecule has 1 saturated carbocycles. The van der Waals surface area contributed by atoms with Crippen molar-refractivity contribution in [1.29, 1.82) is 0 Å². The van der Waals surface area contributed by atoms with Crippen LogP contribution in [0.1, 0.15) is 44.3 Å². The molecule has 0 spiro atoms. The highest BCUT2D eigenvalue weighted by Gasteiger charge is 2.28. The van der Waals surface area contributed by atoms with Gasteiger partial charge in [0.1, 0.15) is 0 Å². The molecular weight excluding hydrogens is 222 g/mol. The van der Waals surface area contributed by atoms with E-state index in [2.05, 4.69) is 49.6 Å². The molecule has 2 nitrogen and oxygen atoms in total. The van der Waals surface area contributed by atoms with Gasteiger partial charge in [0.05, 0.1) is 6.10 Å². The molecule has 1 N–H and O–H groups in total. The smallest absolute Gasteiger partial charge is 0.0977 e. The predicted octanol–water partition coefficient (Wildman–Crippen LogP) is 3.54. The molecule has 1 aliphatic carbocycles. The summed E-state index contributed by atoms with van der Waals surface area (Å²) in [4.78, 5) is 0. The zero-order valence-corrected chi connectivity index (χ0v) is 11.6. The molecule has 0 heterocycles. The standard InChI is InChI=1S/C16H25NO/c1-3-18-16(14-10-5-4-6-11-14)15(17-2)12-13-8-7-9-13/h4-6,10-11,13,15-17H,3,7-9,12H2,1-2H3. The fourth-order valence-electron chi connectivity index (χ4n) is 2.75. The summed E-state index contributed by atoms with van der Waals surface area (Å²) in [7, 11) is 2.05. The second-order valence-electron chi connectivity index (χ2n) is 5.21. The molecule has 0 amide bonds. The zero-order chi connectivity index (χ0) is 12.8. The van der Waals surface area contributed by atoms with Crippen molar-refractivity contribution < 1.29 is 4.74 Å². The summed E-state index contributed by atoms with van der Waals surface area (Å²) < 4.78 is 5.99. The Morgan fingerprint density at radius 1 is 1.28 bits per heavy atom. The summed E-state index contributed by atoms with van der Waals surface area (Å²) in [6.07, 6.45) is 5.61. The molecule has 2 atom stereocenters. The van der Waals surface area contributed by atoms with Crippen LogP contribution in [0.15, 0.2) is 30.3 Å². The lowest BCUT2D eigenvalue weighted by molar-refractivity contribution is 0.0244.